The molecule has 7 heteroatoms. The van der Waals surface area contributed by atoms with Gasteiger partial charge in [-0.25, -0.2) is 0 Å². The number of carbonyl (C=O) groups excluding carboxylic acids is 1. The van der Waals surface area contributed by atoms with Crippen LogP contribution in [-0.2, 0) is 4.79 Å². The molecule has 0 radical (unpaired) electrons. The summed E-state index contributed by atoms with van der Waals surface area (Å²) in [6.07, 6.45) is 0. The fourth-order valence-corrected chi connectivity index (χ4v) is 1.13. The number of anilines is 1. The molecule has 0 bridgehead atoms. The summed E-state index contributed by atoms with van der Waals surface area (Å²) in [6, 6.07) is 3.44. The van der Waals surface area contributed by atoms with E-state index in [1.807, 2.05) is 0 Å². The summed E-state index contributed by atoms with van der Waals surface area (Å²) in [6.45, 7) is 3.30. The van der Waals surface area contributed by atoms with Gasteiger partial charge < -0.3 is 15.7 Å². The topological polar surface area (TPSA) is 104 Å². The van der Waals surface area contributed by atoms with Crippen molar-refractivity contribution in [2.75, 3.05) is 12.4 Å². The number of nitro benzene ring substituents is 1. The Kier molecular flexibility index (Phi) is 3.87. The Labute approximate surface area is 104 Å². The molecule has 1 rings (SSSR count). The Hall–Kier alpha value is -2.15. The second-order valence-electron chi connectivity index (χ2n) is 4.29. The Morgan fingerprint density at radius 1 is 1.44 bits per heavy atom. The fourth-order valence-electron chi connectivity index (χ4n) is 1.13. The Morgan fingerprint density at radius 2 is 2.06 bits per heavy atom. The smallest absolute Gasteiger partial charge is 0.271 e. The summed E-state index contributed by atoms with van der Waals surface area (Å²) in [5.74, 6) is -0.623. The van der Waals surface area contributed by atoms with Crippen LogP contribution in [0.2, 0.25) is 0 Å². The third-order valence-corrected chi connectivity index (χ3v) is 2.63. The SMILES string of the molecule is CNC(C)(C)C(=O)Nc1cc([N+](=O)[O-])ccc1O. The number of aromatic hydroxyl groups is 1. The molecule has 7 nitrogen and oxygen atoms in total. The summed E-state index contributed by atoms with van der Waals surface area (Å²) in [7, 11) is 1.62. The van der Waals surface area contributed by atoms with Crippen LogP contribution in [0.5, 0.6) is 5.75 Å². The van der Waals surface area contributed by atoms with E-state index in [1.165, 1.54) is 6.07 Å². The molecular weight excluding hydrogens is 238 g/mol. The van der Waals surface area contributed by atoms with Crippen molar-refractivity contribution in [3.05, 3.63) is 28.3 Å². The van der Waals surface area contributed by atoms with Gasteiger partial charge in [-0.1, -0.05) is 0 Å². The third-order valence-electron chi connectivity index (χ3n) is 2.63. The molecule has 3 N–H and O–H groups in total. The lowest BCUT2D eigenvalue weighted by atomic mass is 10.1. The first-order valence-electron chi connectivity index (χ1n) is 5.25. The summed E-state index contributed by atoms with van der Waals surface area (Å²) in [5, 5.41) is 25.4. The predicted molar refractivity (Wildman–Crippen MR) is 66.5 cm³/mol. The van der Waals surface area contributed by atoms with Crippen LogP contribution in [0.15, 0.2) is 18.2 Å². The zero-order valence-electron chi connectivity index (χ0n) is 10.4. The zero-order chi connectivity index (χ0) is 13.9. The monoisotopic (exact) mass is 253 g/mol. The summed E-state index contributed by atoms with van der Waals surface area (Å²) in [5.41, 5.74) is -1.04. The molecule has 0 saturated heterocycles. The van der Waals surface area contributed by atoms with Crippen LogP contribution in [0.4, 0.5) is 11.4 Å². The van der Waals surface area contributed by atoms with E-state index < -0.39 is 16.4 Å². The van der Waals surface area contributed by atoms with E-state index >= 15 is 0 Å². The number of likely N-dealkylation sites (N-methyl/N-ethyl adjacent to an activating group) is 1. The minimum absolute atomic E-state index is 0.0116. The standard InChI is InChI=1S/C11H15N3O4/c1-11(2,12-3)10(16)13-8-6-7(14(17)18)4-5-9(8)15/h4-6,12,15H,1-3H3,(H,13,16). The molecule has 0 fully saturated rings. The van der Waals surface area contributed by atoms with Crippen molar-refractivity contribution in [2.24, 2.45) is 0 Å². The highest BCUT2D eigenvalue weighted by Crippen LogP contribution is 2.28. The van der Waals surface area contributed by atoms with Gasteiger partial charge in [0.2, 0.25) is 5.91 Å². The summed E-state index contributed by atoms with van der Waals surface area (Å²) < 4.78 is 0. The fraction of sp³-hybridized carbons (Fsp3) is 0.364. The Balaban J connectivity index is 3.01. The quantitative estimate of drug-likeness (QED) is 0.425. The van der Waals surface area contributed by atoms with E-state index in [0.29, 0.717) is 0 Å². The number of phenolic OH excluding ortho intramolecular Hbond substituents is 1. The highest BCUT2D eigenvalue weighted by atomic mass is 16.6. The summed E-state index contributed by atoms with van der Waals surface area (Å²) in [4.78, 5) is 21.8. The minimum atomic E-state index is -0.850. The van der Waals surface area contributed by atoms with Gasteiger partial charge in [0.05, 0.1) is 16.1 Å². The number of hydrogen-bond donors (Lipinski definition) is 3. The van der Waals surface area contributed by atoms with Gasteiger partial charge >= 0.3 is 0 Å². The summed E-state index contributed by atoms with van der Waals surface area (Å²) >= 11 is 0. The predicted octanol–water partition coefficient (Wildman–Crippen LogP) is 1.24. The van der Waals surface area contributed by atoms with Crippen molar-refractivity contribution in [1.29, 1.82) is 0 Å². The van der Waals surface area contributed by atoms with E-state index in [-0.39, 0.29) is 17.1 Å². The van der Waals surface area contributed by atoms with Crippen LogP contribution in [0.1, 0.15) is 13.8 Å². The van der Waals surface area contributed by atoms with E-state index in [2.05, 4.69) is 10.6 Å². The molecule has 0 saturated carbocycles. The molecule has 0 spiro atoms. The number of non-ortho nitro benzene ring substituents is 1. The van der Waals surface area contributed by atoms with E-state index in [1.54, 1.807) is 20.9 Å². The first-order valence-corrected chi connectivity index (χ1v) is 5.25. The number of benzene rings is 1. The molecular formula is C11H15N3O4. The van der Waals surface area contributed by atoms with Crippen molar-refractivity contribution < 1.29 is 14.8 Å². The zero-order valence-corrected chi connectivity index (χ0v) is 10.4. The average Bonchev–Trinajstić information content (AvgIpc) is 2.31. The molecule has 98 valence electrons. The maximum Gasteiger partial charge on any atom is 0.271 e. The van der Waals surface area contributed by atoms with Gasteiger partial charge in [-0.15, -0.1) is 0 Å². The van der Waals surface area contributed by atoms with Crippen LogP contribution in [0.25, 0.3) is 0 Å². The second-order valence-corrected chi connectivity index (χ2v) is 4.29. The first kappa shape index (κ1) is 13.9. The number of carbonyl (C=O) groups is 1. The number of rotatable bonds is 4. The van der Waals surface area contributed by atoms with E-state index in [4.69, 9.17) is 0 Å². The molecule has 1 aromatic rings. The van der Waals surface area contributed by atoms with Crippen molar-refractivity contribution in [2.45, 2.75) is 19.4 Å². The normalized spacial score (nSPS) is 11.1. The number of phenols is 1. The van der Waals surface area contributed by atoms with Crippen molar-refractivity contribution in [1.82, 2.24) is 5.32 Å². The highest BCUT2D eigenvalue weighted by molar-refractivity contribution is 5.98. The molecule has 18 heavy (non-hydrogen) atoms. The number of nitrogens with one attached hydrogen (secondary N) is 2. The van der Waals surface area contributed by atoms with Gasteiger partial charge in [-0.05, 0) is 27.0 Å². The number of hydrogen-bond acceptors (Lipinski definition) is 5. The van der Waals surface area contributed by atoms with Crippen LogP contribution in [0.3, 0.4) is 0 Å². The molecule has 0 aromatic heterocycles. The van der Waals surface area contributed by atoms with Gasteiger partial charge in [0.25, 0.3) is 5.69 Å². The van der Waals surface area contributed by atoms with Gasteiger partial charge in [-0.2, -0.15) is 0 Å². The lowest BCUT2D eigenvalue weighted by Crippen LogP contribution is -2.47. The van der Waals surface area contributed by atoms with Crippen molar-refractivity contribution >= 4 is 17.3 Å². The molecule has 1 amide bonds. The maximum atomic E-state index is 11.8. The van der Waals surface area contributed by atoms with Crippen molar-refractivity contribution in [3.63, 3.8) is 0 Å². The van der Waals surface area contributed by atoms with E-state index in [0.717, 1.165) is 12.1 Å². The number of nitrogens with zero attached hydrogens (tertiary/aromatic N) is 1. The van der Waals surface area contributed by atoms with Gasteiger partial charge in [-0.3, -0.25) is 14.9 Å². The van der Waals surface area contributed by atoms with Gasteiger partial charge in [0.15, 0.2) is 0 Å². The van der Waals surface area contributed by atoms with E-state index in [9.17, 15) is 20.0 Å². The van der Waals surface area contributed by atoms with Crippen molar-refractivity contribution in [3.8, 4) is 5.75 Å². The molecule has 0 unspecified atom stereocenters. The Bertz CT molecular complexity index is 485. The van der Waals surface area contributed by atoms with Crippen LogP contribution >= 0.6 is 0 Å². The van der Waals surface area contributed by atoms with Crippen LogP contribution < -0.4 is 10.6 Å². The third kappa shape index (κ3) is 2.95. The number of amides is 1. The molecule has 0 aliphatic rings. The molecule has 0 aliphatic carbocycles. The minimum Gasteiger partial charge on any atom is -0.506 e. The molecule has 0 atom stereocenters. The first-order chi connectivity index (χ1) is 8.27. The van der Waals surface area contributed by atoms with Gasteiger partial charge in [0.1, 0.15) is 5.75 Å². The van der Waals surface area contributed by atoms with Gasteiger partial charge in [0, 0.05) is 12.1 Å². The maximum absolute atomic E-state index is 11.8. The van der Waals surface area contributed by atoms with Crippen LogP contribution in [-0.4, -0.2) is 28.5 Å². The largest absolute Gasteiger partial charge is 0.506 e. The lowest BCUT2D eigenvalue weighted by molar-refractivity contribution is -0.384. The molecule has 1 aromatic carbocycles. The lowest BCUT2D eigenvalue weighted by Gasteiger charge is -2.22. The Morgan fingerprint density at radius 3 is 2.56 bits per heavy atom. The highest BCUT2D eigenvalue weighted by Gasteiger charge is 2.26. The number of nitro groups is 1. The molecule has 0 aliphatic heterocycles. The second kappa shape index (κ2) is 5.01. The average molecular weight is 253 g/mol. The van der Waals surface area contributed by atoms with Crippen LogP contribution in [0, 0.1) is 10.1 Å². The molecule has 0 heterocycles.